The third-order valence-electron chi connectivity index (χ3n) is 3.81. The first-order valence-corrected chi connectivity index (χ1v) is 6.06. The molecule has 4 nitrogen and oxygen atoms in total. The highest BCUT2D eigenvalue weighted by atomic mass is 19.1. The van der Waals surface area contributed by atoms with Crippen molar-refractivity contribution in [1.82, 2.24) is 10.6 Å². The van der Waals surface area contributed by atoms with Crippen molar-refractivity contribution in [2.45, 2.75) is 6.04 Å². The molecule has 0 aromatic heterocycles. The molecule has 5 heteroatoms. The third-order valence-corrected chi connectivity index (χ3v) is 3.81. The first-order chi connectivity index (χ1) is 8.70. The number of methoxy groups -OCH3 is 1. The van der Waals surface area contributed by atoms with E-state index < -0.39 is 5.82 Å². The Bertz CT molecular complexity index is 482. The number of piperidine rings is 1. The lowest BCUT2D eigenvalue weighted by Gasteiger charge is -2.09. The van der Waals surface area contributed by atoms with Crippen LogP contribution in [0.15, 0.2) is 18.2 Å². The Labute approximate surface area is 105 Å². The summed E-state index contributed by atoms with van der Waals surface area (Å²) in [4.78, 5) is 11.9. The predicted octanol–water partition coefficient (Wildman–Crippen LogP) is 0.782. The lowest BCUT2D eigenvalue weighted by atomic mass is 10.2. The molecule has 1 aromatic rings. The second-order valence-corrected chi connectivity index (χ2v) is 4.83. The fourth-order valence-electron chi connectivity index (χ4n) is 2.67. The van der Waals surface area contributed by atoms with E-state index in [1.54, 1.807) is 6.07 Å². The first-order valence-electron chi connectivity index (χ1n) is 6.06. The van der Waals surface area contributed by atoms with E-state index in [4.69, 9.17) is 4.74 Å². The molecule has 2 aliphatic rings. The van der Waals surface area contributed by atoms with Crippen LogP contribution < -0.4 is 15.4 Å². The highest BCUT2D eigenvalue weighted by Gasteiger charge is 2.53. The highest BCUT2D eigenvalue weighted by molar-refractivity contribution is 5.95. The molecular formula is C13H15FN2O2. The Morgan fingerprint density at radius 2 is 2.17 bits per heavy atom. The molecule has 2 unspecified atom stereocenters. The summed E-state index contributed by atoms with van der Waals surface area (Å²) in [5.41, 5.74) is 0.0775. The van der Waals surface area contributed by atoms with Gasteiger partial charge in [-0.05, 0) is 24.0 Å². The average Bonchev–Trinajstić information content (AvgIpc) is 2.81. The van der Waals surface area contributed by atoms with Crippen LogP contribution >= 0.6 is 0 Å². The van der Waals surface area contributed by atoms with E-state index in [-0.39, 0.29) is 17.5 Å². The molecule has 0 bridgehead atoms. The summed E-state index contributed by atoms with van der Waals surface area (Å²) < 4.78 is 18.6. The van der Waals surface area contributed by atoms with Gasteiger partial charge in [-0.25, -0.2) is 4.39 Å². The molecule has 2 atom stereocenters. The standard InChI is InChI=1S/C13H15FN2O2/c1-18-7-2-3-8(11(14)4-7)13(17)16-12-9-5-15-6-10(9)12/h2-4,9-10,12,15H,5-6H2,1H3,(H,16,17). The van der Waals surface area contributed by atoms with Crippen molar-refractivity contribution in [2.75, 3.05) is 20.2 Å². The largest absolute Gasteiger partial charge is 0.497 e. The van der Waals surface area contributed by atoms with Crippen LogP contribution in [-0.4, -0.2) is 32.1 Å². The van der Waals surface area contributed by atoms with E-state index in [0.29, 0.717) is 17.6 Å². The lowest BCUT2D eigenvalue weighted by Crippen LogP contribution is -2.32. The molecule has 1 aliphatic carbocycles. The van der Waals surface area contributed by atoms with E-state index in [2.05, 4.69) is 10.6 Å². The number of halogens is 1. The fourth-order valence-corrected chi connectivity index (χ4v) is 2.67. The summed E-state index contributed by atoms with van der Waals surface area (Å²) in [5.74, 6) is 0.576. The summed E-state index contributed by atoms with van der Waals surface area (Å²) in [6, 6.07) is 4.48. The van der Waals surface area contributed by atoms with Gasteiger partial charge >= 0.3 is 0 Å². The normalized spacial score (nSPS) is 28.7. The number of amides is 1. The van der Waals surface area contributed by atoms with Crippen LogP contribution in [0.4, 0.5) is 4.39 Å². The van der Waals surface area contributed by atoms with E-state index in [9.17, 15) is 9.18 Å². The molecule has 2 fully saturated rings. The topological polar surface area (TPSA) is 50.4 Å². The average molecular weight is 250 g/mol. The number of nitrogens with one attached hydrogen (secondary N) is 2. The quantitative estimate of drug-likeness (QED) is 0.833. The van der Waals surface area contributed by atoms with Gasteiger partial charge < -0.3 is 15.4 Å². The molecule has 3 rings (SSSR count). The van der Waals surface area contributed by atoms with Crippen molar-refractivity contribution in [3.8, 4) is 5.75 Å². The van der Waals surface area contributed by atoms with Crippen LogP contribution in [0.2, 0.25) is 0 Å². The maximum Gasteiger partial charge on any atom is 0.254 e. The maximum absolute atomic E-state index is 13.7. The van der Waals surface area contributed by atoms with Gasteiger partial charge in [-0.15, -0.1) is 0 Å². The van der Waals surface area contributed by atoms with Gasteiger partial charge in [-0.3, -0.25) is 4.79 Å². The Kier molecular flexibility index (Phi) is 2.70. The molecule has 0 spiro atoms. The van der Waals surface area contributed by atoms with Gasteiger partial charge in [0.25, 0.3) is 5.91 Å². The number of hydrogen-bond acceptors (Lipinski definition) is 3. The predicted molar refractivity (Wildman–Crippen MR) is 64.1 cm³/mol. The van der Waals surface area contributed by atoms with Crippen molar-refractivity contribution in [3.05, 3.63) is 29.6 Å². The molecule has 18 heavy (non-hydrogen) atoms. The summed E-state index contributed by atoms with van der Waals surface area (Å²) in [5, 5.41) is 6.14. The number of rotatable bonds is 3. The molecule has 1 saturated heterocycles. The molecular weight excluding hydrogens is 235 g/mol. The third kappa shape index (κ3) is 1.84. The van der Waals surface area contributed by atoms with Crippen molar-refractivity contribution in [2.24, 2.45) is 11.8 Å². The molecule has 1 aromatic carbocycles. The highest BCUT2D eigenvalue weighted by Crippen LogP contribution is 2.41. The Balaban J connectivity index is 1.69. The molecule has 1 heterocycles. The van der Waals surface area contributed by atoms with Gasteiger partial charge in [0.1, 0.15) is 11.6 Å². The minimum absolute atomic E-state index is 0.0775. The smallest absolute Gasteiger partial charge is 0.254 e. The van der Waals surface area contributed by atoms with Crippen molar-refractivity contribution < 1.29 is 13.9 Å². The molecule has 2 N–H and O–H groups in total. The minimum atomic E-state index is -0.546. The number of carbonyl (C=O) groups is 1. The second-order valence-electron chi connectivity index (χ2n) is 4.83. The van der Waals surface area contributed by atoms with Crippen molar-refractivity contribution in [3.63, 3.8) is 0 Å². The van der Waals surface area contributed by atoms with Crippen molar-refractivity contribution in [1.29, 1.82) is 0 Å². The number of fused-ring (bicyclic) bond motifs is 1. The van der Waals surface area contributed by atoms with Crippen LogP contribution in [0, 0.1) is 17.7 Å². The summed E-state index contributed by atoms with van der Waals surface area (Å²) in [6.07, 6.45) is 0. The van der Waals surface area contributed by atoms with Gasteiger partial charge in [-0.2, -0.15) is 0 Å². The molecule has 0 radical (unpaired) electrons. The van der Waals surface area contributed by atoms with E-state index in [1.165, 1.54) is 19.2 Å². The molecule has 1 amide bonds. The number of hydrogen-bond donors (Lipinski definition) is 2. The van der Waals surface area contributed by atoms with E-state index >= 15 is 0 Å². The fraction of sp³-hybridized carbons (Fsp3) is 0.462. The van der Waals surface area contributed by atoms with E-state index in [0.717, 1.165) is 13.1 Å². The lowest BCUT2D eigenvalue weighted by molar-refractivity contribution is 0.0942. The number of carbonyl (C=O) groups excluding carboxylic acids is 1. The monoisotopic (exact) mass is 250 g/mol. The first kappa shape index (κ1) is 11.5. The maximum atomic E-state index is 13.7. The Hall–Kier alpha value is -1.62. The van der Waals surface area contributed by atoms with Crippen LogP contribution in [0.5, 0.6) is 5.75 Å². The van der Waals surface area contributed by atoms with Crippen LogP contribution in [0.25, 0.3) is 0 Å². The molecule has 1 aliphatic heterocycles. The molecule has 96 valence electrons. The van der Waals surface area contributed by atoms with Gasteiger partial charge in [0.2, 0.25) is 0 Å². The van der Waals surface area contributed by atoms with E-state index in [1.807, 2.05) is 0 Å². The minimum Gasteiger partial charge on any atom is -0.497 e. The Morgan fingerprint density at radius 1 is 1.44 bits per heavy atom. The molecule has 1 saturated carbocycles. The van der Waals surface area contributed by atoms with Crippen LogP contribution in [-0.2, 0) is 0 Å². The van der Waals surface area contributed by atoms with Gasteiger partial charge in [0, 0.05) is 25.2 Å². The number of ether oxygens (including phenoxy) is 1. The van der Waals surface area contributed by atoms with Crippen LogP contribution in [0.1, 0.15) is 10.4 Å². The zero-order valence-corrected chi connectivity index (χ0v) is 10.1. The van der Waals surface area contributed by atoms with Crippen molar-refractivity contribution >= 4 is 5.91 Å². The zero-order valence-electron chi connectivity index (χ0n) is 10.1. The summed E-state index contributed by atoms with van der Waals surface area (Å²) in [6.45, 7) is 1.89. The van der Waals surface area contributed by atoms with Gasteiger partial charge in [0.15, 0.2) is 0 Å². The summed E-state index contributed by atoms with van der Waals surface area (Å²) >= 11 is 0. The van der Waals surface area contributed by atoms with Crippen LogP contribution in [0.3, 0.4) is 0 Å². The Morgan fingerprint density at radius 3 is 2.78 bits per heavy atom. The number of benzene rings is 1. The second kappa shape index (κ2) is 4.24. The summed E-state index contributed by atoms with van der Waals surface area (Å²) in [7, 11) is 1.47. The zero-order chi connectivity index (χ0) is 12.7. The van der Waals surface area contributed by atoms with Gasteiger partial charge in [0.05, 0.1) is 12.7 Å². The SMILES string of the molecule is COc1ccc(C(=O)NC2C3CNCC32)c(F)c1. The van der Waals surface area contributed by atoms with Gasteiger partial charge in [-0.1, -0.05) is 0 Å².